The van der Waals surface area contributed by atoms with Crippen molar-refractivity contribution >= 4 is 11.7 Å². The third-order valence-corrected chi connectivity index (χ3v) is 4.73. The maximum atomic E-state index is 11.5. The topological polar surface area (TPSA) is 66.3 Å². The Morgan fingerprint density at radius 2 is 2.04 bits per heavy atom. The smallest absolute Gasteiger partial charge is 0.307 e. The van der Waals surface area contributed by atoms with Gasteiger partial charge in [0, 0.05) is 19.0 Å². The molecule has 1 aliphatic carbocycles. The molecule has 1 aromatic carbocycles. The van der Waals surface area contributed by atoms with Gasteiger partial charge >= 0.3 is 5.97 Å². The Balaban J connectivity index is 1.90. The third-order valence-electron chi connectivity index (χ3n) is 4.73. The van der Waals surface area contributed by atoms with E-state index in [1.54, 1.807) is 0 Å². The summed E-state index contributed by atoms with van der Waals surface area (Å²) in [4.78, 5) is 22.3. The highest BCUT2D eigenvalue weighted by Crippen LogP contribution is 2.55. The van der Waals surface area contributed by atoms with E-state index in [9.17, 15) is 9.90 Å². The van der Waals surface area contributed by atoms with Crippen molar-refractivity contribution in [3.05, 3.63) is 53.6 Å². The van der Waals surface area contributed by atoms with Crippen LogP contribution in [0.1, 0.15) is 23.5 Å². The summed E-state index contributed by atoms with van der Waals surface area (Å²) in [5.74, 6) is -0.314. The van der Waals surface area contributed by atoms with Crippen LogP contribution in [0, 0.1) is 19.8 Å². The van der Waals surface area contributed by atoms with Crippen LogP contribution in [0.15, 0.2) is 36.5 Å². The lowest BCUT2D eigenvalue weighted by Gasteiger charge is -2.27. The Morgan fingerprint density at radius 1 is 1.35 bits per heavy atom. The number of likely N-dealkylation sites (N-methyl/N-ethyl adjacent to an activating group) is 1. The number of aliphatic carboxylic acids is 1. The molecule has 0 amide bonds. The lowest BCUT2D eigenvalue weighted by atomic mass is 9.92. The molecule has 1 N–H and O–H groups in total. The van der Waals surface area contributed by atoms with Gasteiger partial charge < -0.3 is 10.0 Å². The molecule has 0 radical (unpaired) electrons. The molecule has 23 heavy (non-hydrogen) atoms. The van der Waals surface area contributed by atoms with Crippen molar-refractivity contribution in [2.75, 3.05) is 18.5 Å². The first-order valence-corrected chi connectivity index (χ1v) is 7.74. The van der Waals surface area contributed by atoms with E-state index in [4.69, 9.17) is 0 Å². The van der Waals surface area contributed by atoms with Gasteiger partial charge in [-0.25, -0.2) is 9.97 Å². The number of carbonyl (C=O) groups is 1. The van der Waals surface area contributed by atoms with Crippen LogP contribution in [0.25, 0.3) is 0 Å². The second kappa shape index (κ2) is 5.65. The molecule has 1 heterocycles. The van der Waals surface area contributed by atoms with Gasteiger partial charge in [0.1, 0.15) is 5.82 Å². The van der Waals surface area contributed by atoms with Crippen LogP contribution in [-0.2, 0) is 10.2 Å². The fourth-order valence-electron chi connectivity index (χ4n) is 3.44. The van der Waals surface area contributed by atoms with E-state index < -0.39 is 5.97 Å². The zero-order valence-corrected chi connectivity index (χ0v) is 13.7. The normalized spacial score (nSPS) is 22.7. The molecule has 1 aromatic heterocycles. The molecule has 0 spiro atoms. The van der Waals surface area contributed by atoms with Gasteiger partial charge in [-0.05, 0) is 25.8 Å². The lowest BCUT2D eigenvalue weighted by molar-refractivity contribution is -0.139. The maximum Gasteiger partial charge on any atom is 0.307 e. The van der Waals surface area contributed by atoms with Crippen molar-refractivity contribution in [1.29, 1.82) is 0 Å². The van der Waals surface area contributed by atoms with Crippen LogP contribution in [-0.4, -0.2) is 34.6 Å². The van der Waals surface area contributed by atoms with Gasteiger partial charge in [-0.15, -0.1) is 0 Å². The molecule has 1 fully saturated rings. The molecule has 0 bridgehead atoms. The molecular weight excluding hydrogens is 290 g/mol. The van der Waals surface area contributed by atoms with Crippen molar-refractivity contribution in [1.82, 2.24) is 9.97 Å². The van der Waals surface area contributed by atoms with Gasteiger partial charge in [-0.1, -0.05) is 30.3 Å². The highest BCUT2D eigenvalue weighted by Gasteiger charge is 2.60. The minimum atomic E-state index is -0.723. The Hall–Kier alpha value is -2.43. The number of benzene rings is 1. The number of hydrogen-bond donors (Lipinski definition) is 1. The predicted octanol–water partition coefficient (Wildman–Crippen LogP) is 2.57. The minimum absolute atomic E-state index is 0.334. The molecular formula is C18H21N3O2. The van der Waals surface area contributed by atoms with E-state index in [1.807, 2.05) is 57.4 Å². The van der Waals surface area contributed by atoms with Gasteiger partial charge in [0.25, 0.3) is 0 Å². The van der Waals surface area contributed by atoms with Crippen LogP contribution in [0.5, 0.6) is 0 Å². The summed E-state index contributed by atoms with van der Waals surface area (Å²) < 4.78 is 0. The fraction of sp³-hybridized carbons (Fsp3) is 0.389. The molecule has 5 nitrogen and oxygen atoms in total. The number of anilines is 1. The molecule has 120 valence electrons. The highest BCUT2D eigenvalue weighted by molar-refractivity contribution is 5.77. The fourth-order valence-corrected chi connectivity index (χ4v) is 3.44. The summed E-state index contributed by atoms with van der Waals surface area (Å²) in [6.07, 6.45) is 2.48. The molecule has 0 saturated heterocycles. The van der Waals surface area contributed by atoms with E-state index in [1.165, 1.54) is 0 Å². The summed E-state index contributed by atoms with van der Waals surface area (Å²) in [5, 5.41) is 9.48. The van der Waals surface area contributed by atoms with Gasteiger partial charge in [0.05, 0.1) is 23.5 Å². The van der Waals surface area contributed by atoms with Crippen LogP contribution in [0.4, 0.5) is 5.69 Å². The van der Waals surface area contributed by atoms with Crippen molar-refractivity contribution < 1.29 is 9.90 Å². The second-order valence-electron chi connectivity index (χ2n) is 6.36. The molecule has 5 heteroatoms. The zero-order chi connectivity index (χ0) is 16.6. The zero-order valence-electron chi connectivity index (χ0n) is 13.7. The quantitative estimate of drug-likeness (QED) is 0.919. The monoisotopic (exact) mass is 311 g/mol. The van der Waals surface area contributed by atoms with Crippen LogP contribution in [0.3, 0.4) is 0 Å². The Morgan fingerprint density at radius 3 is 2.61 bits per heavy atom. The summed E-state index contributed by atoms with van der Waals surface area (Å²) in [6.45, 7) is 4.46. The number of nitrogens with zero attached hydrogens (tertiary/aromatic N) is 3. The third kappa shape index (κ3) is 2.79. The van der Waals surface area contributed by atoms with Crippen molar-refractivity contribution in [3.63, 3.8) is 0 Å². The Labute approximate surface area is 136 Å². The number of aromatic nitrogens is 2. The van der Waals surface area contributed by atoms with E-state index in [-0.39, 0.29) is 11.3 Å². The first-order valence-electron chi connectivity index (χ1n) is 7.74. The number of rotatable bonds is 5. The van der Waals surface area contributed by atoms with E-state index in [0.717, 1.165) is 22.8 Å². The van der Waals surface area contributed by atoms with Crippen molar-refractivity contribution in [3.8, 4) is 0 Å². The number of carboxylic acids is 1. The molecule has 1 unspecified atom stereocenters. The SMILES string of the molecule is Cc1ncc(N(C)C[C@@]2(c3ccccc3)CC2C(=O)O)c(C)n1. The molecule has 1 aliphatic rings. The van der Waals surface area contributed by atoms with Crippen LogP contribution < -0.4 is 4.90 Å². The first-order chi connectivity index (χ1) is 10.9. The van der Waals surface area contributed by atoms with Gasteiger partial charge in [-0.2, -0.15) is 0 Å². The van der Waals surface area contributed by atoms with E-state index >= 15 is 0 Å². The molecule has 0 aliphatic heterocycles. The van der Waals surface area contributed by atoms with Crippen molar-refractivity contribution in [2.24, 2.45) is 5.92 Å². The average Bonchev–Trinajstić information content (AvgIpc) is 3.24. The summed E-state index contributed by atoms with van der Waals surface area (Å²) in [7, 11) is 1.98. The standard InChI is InChI=1S/C18H21N3O2/c1-12-16(10-19-13(2)20-12)21(3)11-18(9-15(18)17(22)23)14-7-5-4-6-8-14/h4-8,10,15H,9,11H2,1-3H3,(H,22,23)/t15?,18-/m1/s1. The summed E-state index contributed by atoms with van der Waals surface area (Å²) in [5.41, 5.74) is 2.61. The Bertz CT molecular complexity index is 732. The lowest BCUT2D eigenvalue weighted by Crippen LogP contribution is -2.32. The molecule has 2 atom stereocenters. The van der Waals surface area contributed by atoms with Crippen molar-refractivity contribution in [2.45, 2.75) is 25.7 Å². The molecule has 2 aromatic rings. The minimum Gasteiger partial charge on any atom is -0.481 e. The van der Waals surface area contributed by atoms with Gasteiger partial charge in [0.15, 0.2) is 0 Å². The number of hydrogen-bond acceptors (Lipinski definition) is 4. The molecule has 3 rings (SSSR count). The number of aryl methyl sites for hydroxylation is 2. The molecule has 1 saturated carbocycles. The average molecular weight is 311 g/mol. The number of carboxylic acid groups (broad SMARTS) is 1. The first kappa shape index (κ1) is 15.5. The van der Waals surface area contributed by atoms with Crippen LogP contribution in [0.2, 0.25) is 0 Å². The van der Waals surface area contributed by atoms with Gasteiger partial charge in [0.2, 0.25) is 0 Å². The van der Waals surface area contributed by atoms with E-state index in [2.05, 4.69) is 14.9 Å². The second-order valence-corrected chi connectivity index (χ2v) is 6.36. The predicted molar refractivity (Wildman–Crippen MR) is 88.6 cm³/mol. The van der Waals surface area contributed by atoms with E-state index in [0.29, 0.717) is 13.0 Å². The highest BCUT2D eigenvalue weighted by atomic mass is 16.4. The maximum absolute atomic E-state index is 11.5. The van der Waals surface area contributed by atoms with Gasteiger partial charge in [-0.3, -0.25) is 4.79 Å². The largest absolute Gasteiger partial charge is 0.481 e. The Kier molecular flexibility index (Phi) is 3.80. The van der Waals surface area contributed by atoms with Crippen LogP contribution >= 0.6 is 0 Å². The summed E-state index contributed by atoms with van der Waals surface area (Å²) >= 11 is 0. The summed E-state index contributed by atoms with van der Waals surface area (Å²) in [6, 6.07) is 9.94.